The van der Waals surface area contributed by atoms with Gasteiger partial charge in [-0.2, -0.15) is 0 Å². The van der Waals surface area contributed by atoms with Crippen LogP contribution in [-0.2, 0) is 7.45 Å². The molecule has 0 heterocycles. The van der Waals surface area contributed by atoms with Gasteiger partial charge in [0.25, 0.3) is 0 Å². The molecule has 44 valence electrons. The van der Waals surface area contributed by atoms with Crippen LogP contribution >= 0.6 is 10.4 Å². The van der Waals surface area contributed by atoms with E-state index < -0.39 is 12.9 Å². The zero-order valence-corrected chi connectivity index (χ0v) is 6.81. The van der Waals surface area contributed by atoms with Gasteiger partial charge in [0.05, 0.1) is 0 Å². The molecule has 0 aromatic rings. The molecule has 0 rings (SSSR count). The van der Waals surface area contributed by atoms with Crippen LogP contribution in [0.5, 0.6) is 0 Å². The van der Waals surface area contributed by atoms with E-state index in [-0.39, 0.29) is 0 Å². The quantitative estimate of drug-likeness (QED) is 0.611. The van der Waals surface area contributed by atoms with Crippen molar-refractivity contribution in [3.05, 3.63) is 0 Å². The molecule has 0 aliphatic heterocycles. The maximum atomic E-state index is 8.67. The van der Waals surface area contributed by atoms with E-state index in [1.165, 1.54) is 14.2 Å². The van der Waals surface area contributed by atoms with Crippen molar-refractivity contribution in [3.63, 3.8) is 0 Å². The Balaban J connectivity index is 3.61. The molecule has 0 aliphatic carbocycles. The molecule has 0 bridgehead atoms. The van der Waals surface area contributed by atoms with Gasteiger partial charge in [-0.25, -0.2) is 0 Å². The summed E-state index contributed by atoms with van der Waals surface area (Å²) in [6.07, 6.45) is 0. The van der Waals surface area contributed by atoms with Crippen LogP contribution in [0.3, 0.4) is 0 Å². The first-order valence-corrected chi connectivity index (χ1v) is 6.60. The normalized spacial score (nSPS) is 11.9. The molecule has 0 spiro atoms. The summed E-state index contributed by atoms with van der Waals surface area (Å²) < 4.78 is 17.5. The average molecular weight is 186 g/mol. The summed E-state index contributed by atoms with van der Waals surface area (Å²) in [5, 5.41) is 0. The van der Waals surface area contributed by atoms with E-state index in [9.17, 15) is 0 Å². The zero-order valence-electron chi connectivity index (χ0n) is 4.12. The van der Waals surface area contributed by atoms with Gasteiger partial charge in [-0.3, -0.25) is 0 Å². The summed E-state index contributed by atoms with van der Waals surface area (Å²) in [4.78, 5) is 0. The van der Waals surface area contributed by atoms with Gasteiger partial charge in [0.15, 0.2) is 0 Å². The van der Waals surface area contributed by atoms with Gasteiger partial charge < -0.3 is 0 Å². The van der Waals surface area contributed by atoms with E-state index in [1.807, 2.05) is 0 Å². The Morgan fingerprint density at radius 3 is 1.71 bits per heavy atom. The number of rotatable bonds is 2. The van der Waals surface area contributed by atoms with Crippen LogP contribution in [0.1, 0.15) is 0 Å². The summed E-state index contributed by atoms with van der Waals surface area (Å²) in [6.45, 7) is 0. The van der Waals surface area contributed by atoms with Gasteiger partial charge in [0, 0.05) is 0 Å². The molecule has 0 aromatic carbocycles. The van der Waals surface area contributed by atoms with Gasteiger partial charge in [0.2, 0.25) is 0 Å². The fourth-order valence-corrected chi connectivity index (χ4v) is 0.387. The minimum absolute atomic E-state index is 1.34. The van der Waals surface area contributed by atoms with Crippen LogP contribution in [0.4, 0.5) is 0 Å². The van der Waals surface area contributed by atoms with E-state index in [0.717, 1.165) is 0 Å². The van der Waals surface area contributed by atoms with Crippen molar-refractivity contribution in [1.82, 2.24) is 0 Å². The molecule has 5 heteroatoms. The molecule has 0 radical (unpaired) electrons. The SMILES string of the molecule is CO[As](O)(=S)OC. The van der Waals surface area contributed by atoms with Gasteiger partial charge in [-0.05, 0) is 0 Å². The summed E-state index contributed by atoms with van der Waals surface area (Å²) in [6, 6.07) is 0. The van der Waals surface area contributed by atoms with Crippen LogP contribution < -0.4 is 0 Å². The molecule has 7 heavy (non-hydrogen) atoms. The van der Waals surface area contributed by atoms with Crippen molar-refractivity contribution in [2.24, 2.45) is 0 Å². The monoisotopic (exact) mass is 186 g/mol. The Labute approximate surface area is 49.5 Å². The minimum atomic E-state index is -3.36. The molecule has 0 fully saturated rings. The Kier molecular flexibility index (Phi) is 3.11. The third-order valence-electron chi connectivity index (χ3n) is 0.461. The summed E-state index contributed by atoms with van der Waals surface area (Å²) in [5.74, 6) is 0. The fraction of sp³-hybridized carbons (Fsp3) is 1.00. The summed E-state index contributed by atoms with van der Waals surface area (Å²) in [7, 11) is 7.10. The average Bonchev–Trinajstić information content (AvgIpc) is 1.68. The molecule has 0 aliphatic rings. The molecule has 0 saturated heterocycles. The Morgan fingerprint density at radius 1 is 1.43 bits per heavy atom. The van der Waals surface area contributed by atoms with Gasteiger partial charge in [-0.15, -0.1) is 0 Å². The van der Waals surface area contributed by atoms with E-state index in [4.69, 9.17) is 4.10 Å². The predicted octanol–water partition coefficient (Wildman–Crippen LogP) is -0.0954. The maximum absolute atomic E-state index is 8.67. The molecule has 1 N–H and O–H groups in total. The Morgan fingerprint density at radius 2 is 1.71 bits per heavy atom. The van der Waals surface area contributed by atoms with Crippen molar-refractivity contribution in [2.45, 2.75) is 0 Å². The van der Waals surface area contributed by atoms with Crippen molar-refractivity contribution in [2.75, 3.05) is 14.2 Å². The first-order chi connectivity index (χ1) is 3.12. The second-order valence-corrected chi connectivity index (χ2v) is 6.73. The van der Waals surface area contributed by atoms with Crippen LogP contribution in [0.2, 0.25) is 0 Å². The third kappa shape index (κ3) is 3.26. The van der Waals surface area contributed by atoms with E-state index in [0.29, 0.717) is 0 Å². The summed E-state index contributed by atoms with van der Waals surface area (Å²) in [5.41, 5.74) is 0. The van der Waals surface area contributed by atoms with Crippen molar-refractivity contribution >= 4 is 23.3 Å². The molecule has 3 nitrogen and oxygen atoms in total. The molecule has 0 aromatic heterocycles. The summed E-state index contributed by atoms with van der Waals surface area (Å²) >= 11 is -3.36. The second-order valence-electron chi connectivity index (χ2n) is 0.834. The van der Waals surface area contributed by atoms with Crippen LogP contribution in [0.15, 0.2) is 0 Å². The first kappa shape index (κ1) is 7.66. The zero-order chi connectivity index (χ0) is 5.91. The van der Waals surface area contributed by atoms with Gasteiger partial charge >= 0.3 is 49.1 Å². The standard InChI is InChI=1S/C2H7AsO3S/c1-5-3(4,7)6-2/h1-2H3,(H,4,7). The number of hydrogen-bond donors (Lipinski definition) is 1. The molecule has 0 unspecified atom stereocenters. The number of hydrogen-bond acceptors (Lipinski definition) is 3. The van der Waals surface area contributed by atoms with Gasteiger partial charge in [-0.1, -0.05) is 0 Å². The molecule has 0 amide bonds. The van der Waals surface area contributed by atoms with Gasteiger partial charge in [0.1, 0.15) is 0 Å². The van der Waals surface area contributed by atoms with Crippen LogP contribution in [0, 0.1) is 0 Å². The first-order valence-electron chi connectivity index (χ1n) is 1.56. The fourth-order valence-electron chi connectivity index (χ4n) is 0.0745. The molecular formula is C2H7AsO3S. The molecular weight excluding hydrogens is 179 g/mol. The second kappa shape index (κ2) is 2.84. The third-order valence-corrected chi connectivity index (χ3v) is 3.95. The van der Waals surface area contributed by atoms with Crippen LogP contribution in [-0.4, -0.2) is 31.2 Å². The molecule has 0 atom stereocenters. The van der Waals surface area contributed by atoms with E-state index >= 15 is 0 Å². The van der Waals surface area contributed by atoms with Crippen molar-refractivity contribution < 1.29 is 11.5 Å². The van der Waals surface area contributed by atoms with Crippen molar-refractivity contribution in [1.29, 1.82) is 0 Å². The Hall–Kier alpha value is 0.658. The van der Waals surface area contributed by atoms with E-state index in [1.54, 1.807) is 0 Å². The van der Waals surface area contributed by atoms with E-state index in [2.05, 4.69) is 17.8 Å². The van der Waals surface area contributed by atoms with Crippen LogP contribution in [0.25, 0.3) is 0 Å². The van der Waals surface area contributed by atoms with Crippen molar-refractivity contribution in [3.8, 4) is 0 Å². The molecule has 0 saturated carbocycles. The predicted molar refractivity (Wildman–Crippen MR) is 29.6 cm³/mol. The Bertz CT molecular complexity index is 84.9. The topological polar surface area (TPSA) is 38.7 Å².